The third-order valence-electron chi connectivity index (χ3n) is 10.4. The maximum atomic E-state index is 12.6. The Balaban J connectivity index is 4.26. The highest BCUT2D eigenvalue weighted by Gasteiger charge is 2.27. The topological polar surface area (TPSA) is 149 Å². The van der Waals surface area contributed by atoms with Crippen molar-refractivity contribution in [2.45, 2.75) is 238 Å². The van der Waals surface area contributed by atoms with Crippen molar-refractivity contribution in [2.75, 3.05) is 26.4 Å². The Hall–Kier alpha value is -1.55. The molecular weight excluding hydrogens is 755 g/mol. The molecule has 0 saturated carbocycles. The van der Waals surface area contributed by atoms with Gasteiger partial charge in [-0.05, 0) is 38.5 Å². The molecule has 0 fully saturated rings. The number of rotatable bonds is 45. The Morgan fingerprint density at radius 1 is 0.517 bits per heavy atom. The molecule has 0 heterocycles. The molecule has 0 aromatic rings. The third kappa shape index (κ3) is 42.6. The number of ether oxygens (including phenoxy) is 2. The summed E-state index contributed by atoms with van der Waals surface area (Å²) in [6, 6.07) is 0. The summed E-state index contributed by atoms with van der Waals surface area (Å²) in [4.78, 5) is 35.0. The number of aliphatic hydroxyl groups excluding tert-OH is 2. The Morgan fingerprint density at radius 3 is 1.38 bits per heavy atom. The van der Waals surface area contributed by atoms with Gasteiger partial charge in [-0.15, -0.1) is 0 Å². The molecule has 0 spiro atoms. The van der Waals surface area contributed by atoms with Crippen molar-refractivity contribution in [3.63, 3.8) is 0 Å². The molecule has 0 aliphatic rings. The normalized spacial score (nSPS) is 13.9. The van der Waals surface area contributed by atoms with Crippen molar-refractivity contribution in [1.29, 1.82) is 0 Å². The lowest BCUT2D eigenvalue weighted by atomic mass is 10.0. The molecule has 58 heavy (non-hydrogen) atoms. The van der Waals surface area contributed by atoms with Crippen molar-refractivity contribution < 1.29 is 47.8 Å². The molecule has 0 aromatic heterocycles. The van der Waals surface area contributed by atoms with Gasteiger partial charge in [0, 0.05) is 12.8 Å². The minimum Gasteiger partial charge on any atom is -0.462 e. The standard InChI is InChI=1S/C47H89O10P/c1-3-5-7-9-11-13-15-17-19-21-23-24-26-28-30-32-34-36-38-46(50)54-42-45(43-56-58(52,53)55-41-44(49)40-48)57-47(51)39-37-35-33-31-29-27-25-22-20-18-16-14-12-10-8-6-4-2/h25,27,31,33,44-45,48-49H,3-24,26,28-30,32,34-43H2,1-2H3,(H,52,53)/b27-25+,33-31+/t44-,45+/m0/s1. The average Bonchev–Trinajstić information content (AvgIpc) is 3.21. The fourth-order valence-corrected chi connectivity index (χ4v) is 7.47. The van der Waals surface area contributed by atoms with Crippen LogP contribution in [0.5, 0.6) is 0 Å². The van der Waals surface area contributed by atoms with Gasteiger partial charge >= 0.3 is 19.8 Å². The summed E-state index contributed by atoms with van der Waals surface area (Å²) in [5.41, 5.74) is 0. The van der Waals surface area contributed by atoms with Gasteiger partial charge in [0.2, 0.25) is 0 Å². The van der Waals surface area contributed by atoms with Crippen LogP contribution in [0, 0.1) is 0 Å². The Kier molecular flexibility index (Phi) is 42.4. The van der Waals surface area contributed by atoms with Gasteiger partial charge in [0.15, 0.2) is 6.10 Å². The maximum Gasteiger partial charge on any atom is 0.472 e. The fourth-order valence-electron chi connectivity index (χ4n) is 6.68. The van der Waals surface area contributed by atoms with Crippen LogP contribution in [-0.2, 0) is 32.7 Å². The van der Waals surface area contributed by atoms with Crippen LogP contribution in [0.25, 0.3) is 0 Å². The zero-order valence-corrected chi connectivity index (χ0v) is 38.2. The summed E-state index contributed by atoms with van der Waals surface area (Å²) < 4.78 is 32.7. The molecule has 11 heteroatoms. The summed E-state index contributed by atoms with van der Waals surface area (Å²) in [7, 11) is -4.63. The summed E-state index contributed by atoms with van der Waals surface area (Å²) in [5, 5.41) is 18.4. The Labute approximate surface area is 355 Å². The molecule has 0 saturated heterocycles. The number of phosphoric ester groups is 1. The number of carbonyl (C=O) groups excluding carboxylic acids is 2. The van der Waals surface area contributed by atoms with Crippen LogP contribution in [0.2, 0.25) is 0 Å². The number of esters is 2. The number of allylic oxidation sites excluding steroid dienone is 4. The van der Waals surface area contributed by atoms with E-state index in [0.717, 1.165) is 32.1 Å². The van der Waals surface area contributed by atoms with Crippen molar-refractivity contribution in [3.05, 3.63) is 24.3 Å². The molecule has 3 atom stereocenters. The Morgan fingerprint density at radius 2 is 0.914 bits per heavy atom. The first-order valence-electron chi connectivity index (χ1n) is 23.8. The quantitative estimate of drug-likeness (QED) is 0.0234. The number of unbranched alkanes of at least 4 members (excludes halogenated alkanes) is 27. The van der Waals surface area contributed by atoms with Gasteiger partial charge < -0.3 is 24.6 Å². The van der Waals surface area contributed by atoms with Crippen LogP contribution in [0.1, 0.15) is 226 Å². The van der Waals surface area contributed by atoms with Gasteiger partial charge in [-0.3, -0.25) is 18.6 Å². The van der Waals surface area contributed by atoms with Gasteiger partial charge in [0.1, 0.15) is 12.7 Å². The van der Waals surface area contributed by atoms with Crippen molar-refractivity contribution in [1.82, 2.24) is 0 Å². The van der Waals surface area contributed by atoms with Crippen molar-refractivity contribution in [3.8, 4) is 0 Å². The van der Waals surface area contributed by atoms with Gasteiger partial charge in [0.05, 0.1) is 19.8 Å². The van der Waals surface area contributed by atoms with Gasteiger partial charge in [-0.25, -0.2) is 4.57 Å². The number of carbonyl (C=O) groups is 2. The highest BCUT2D eigenvalue weighted by molar-refractivity contribution is 7.47. The van der Waals surface area contributed by atoms with Crippen LogP contribution in [-0.4, -0.2) is 65.7 Å². The van der Waals surface area contributed by atoms with E-state index in [1.54, 1.807) is 0 Å². The van der Waals surface area contributed by atoms with E-state index in [4.69, 9.17) is 23.6 Å². The highest BCUT2D eigenvalue weighted by atomic mass is 31.2. The van der Waals surface area contributed by atoms with E-state index in [1.165, 1.54) is 148 Å². The molecule has 0 radical (unpaired) electrons. The number of aliphatic hydroxyl groups is 2. The monoisotopic (exact) mass is 845 g/mol. The van der Waals surface area contributed by atoms with Crippen LogP contribution >= 0.6 is 7.82 Å². The summed E-state index contributed by atoms with van der Waals surface area (Å²) in [6.07, 6.45) is 44.4. The predicted molar refractivity (Wildman–Crippen MR) is 238 cm³/mol. The van der Waals surface area contributed by atoms with E-state index in [-0.39, 0.29) is 19.4 Å². The smallest absolute Gasteiger partial charge is 0.462 e. The molecule has 10 nitrogen and oxygen atoms in total. The van der Waals surface area contributed by atoms with E-state index in [9.17, 15) is 24.2 Å². The third-order valence-corrected chi connectivity index (χ3v) is 11.3. The minimum atomic E-state index is -4.63. The molecule has 342 valence electrons. The first-order chi connectivity index (χ1) is 28.2. The SMILES string of the molecule is CCCCCCCCCCC/C=C/C/C=C/CCCC(=O)O[C@H](COC(=O)CCCCCCCCCCCCCCCCCCCC)COP(=O)(O)OC[C@@H](O)CO. The first-order valence-corrected chi connectivity index (χ1v) is 25.3. The zero-order chi connectivity index (χ0) is 42.6. The molecular formula is C47H89O10P. The summed E-state index contributed by atoms with van der Waals surface area (Å²) >= 11 is 0. The Bertz CT molecular complexity index is 1020. The molecule has 0 aliphatic carbocycles. The second-order valence-electron chi connectivity index (χ2n) is 16.1. The molecule has 0 rings (SSSR count). The van der Waals surface area contributed by atoms with Gasteiger partial charge in [-0.1, -0.05) is 199 Å². The summed E-state index contributed by atoms with van der Waals surface area (Å²) in [6.45, 7) is 2.37. The van der Waals surface area contributed by atoms with Crippen molar-refractivity contribution in [2.24, 2.45) is 0 Å². The molecule has 0 amide bonds. The van der Waals surface area contributed by atoms with Crippen molar-refractivity contribution >= 4 is 19.8 Å². The van der Waals surface area contributed by atoms with Gasteiger partial charge in [-0.2, -0.15) is 0 Å². The van der Waals surface area contributed by atoms with E-state index < -0.39 is 51.8 Å². The van der Waals surface area contributed by atoms with E-state index in [1.807, 2.05) is 6.08 Å². The fraction of sp³-hybridized carbons (Fsp3) is 0.872. The molecule has 0 aliphatic heterocycles. The number of hydrogen-bond donors (Lipinski definition) is 3. The van der Waals surface area contributed by atoms with Crippen LogP contribution in [0.15, 0.2) is 24.3 Å². The molecule has 0 aromatic carbocycles. The van der Waals surface area contributed by atoms with Crippen LogP contribution in [0.4, 0.5) is 0 Å². The van der Waals surface area contributed by atoms with Crippen LogP contribution < -0.4 is 0 Å². The molecule has 1 unspecified atom stereocenters. The number of phosphoric acid groups is 1. The zero-order valence-electron chi connectivity index (χ0n) is 37.3. The first kappa shape index (κ1) is 56.5. The molecule has 3 N–H and O–H groups in total. The molecule has 0 bridgehead atoms. The largest absolute Gasteiger partial charge is 0.472 e. The second-order valence-corrected chi connectivity index (χ2v) is 17.6. The average molecular weight is 845 g/mol. The van der Waals surface area contributed by atoms with Gasteiger partial charge in [0.25, 0.3) is 0 Å². The maximum absolute atomic E-state index is 12.6. The minimum absolute atomic E-state index is 0.124. The van der Waals surface area contributed by atoms with E-state index in [2.05, 4.69) is 32.1 Å². The lowest BCUT2D eigenvalue weighted by Gasteiger charge is -2.20. The number of hydrogen-bond acceptors (Lipinski definition) is 9. The van der Waals surface area contributed by atoms with Crippen LogP contribution in [0.3, 0.4) is 0 Å². The lowest BCUT2D eigenvalue weighted by Crippen LogP contribution is -2.29. The lowest BCUT2D eigenvalue weighted by molar-refractivity contribution is -0.161. The van der Waals surface area contributed by atoms with E-state index >= 15 is 0 Å². The van der Waals surface area contributed by atoms with E-state index in [0.29, 0.717) is 19.3 Å². The highest BCUT2D eigenvalue weighted by Crippen LogP contribution is 2.43. The summed E-state index contributed by atoms with van der Waals surface area (Å²) in [5.74, 6) is -0.966. The second kappa shape index (κ2) is 43.5. The predicted octanol–water partition coefficient (Wildman–Crippen LogP) is 13.0.